The Balaban J connectivity index is 2.18. The number of aromatic nitrogens is 2. The number of hydrogen-bond acceptors (Lipinski definition) is 6. The SMILES string of the molecule is COCCC(OC(C)C)=I/C=C(\C)c1nc([C@@H]2C=CC(C(=O)O)=C(F)C2C)no1. The smallest absolute Gasteiger partial charge is 0.338 e. The Labute approximate surface area is 179 Å². The van der Waals surface area contributed by atoms with Gasteiger partial charge in [0.15, 0.2) is 5.82 Å². The number of carboxylic acids is 1. The van der Waals surface area contributed by atoms with Gasteiger partial charge in [-0.1, -0.05) is 38.9 Å². The van der Waals surface area contributed by atoms with E-state index >= 15 is 0 Å². The molecule has 9 heteroatoms. The summed E-state index contributed by atoms with van der Waals surface area (Å²) in [5, 5.41) is 13.0. The summed E-state index contributed by atoms with van der Waals surface area (Å²) >= 11 is -0.511. The lowest BCUT2D eigenvalue weighted by atomic mass is 9.85. The third kappa shape index (κ3) is 6.38. The van der Waals surface area contributed by atoms with E-state index in [2.05, 4.69) is 10.1 Å². The number of allylic oxidation sites excluding steroid dienone is 3. The highest BCUT2D eigenvalue weighted by Crippen LogP contribution is 2.36. The number of rotatable bonds is 9. The average molecular weight is 520 g/mol. The molecule has 1 heterocycles. The predicted molar refractivity (Wildman–Crippen MR) is 117 cm³/mol. The molecule has 0 amide bonds. The normalized spacial score (nSPS) is 20.9. The van der Waals surface area contributed by atoms with Crippen LogP contribution in [0.3, 0.4) is 0 Å². The van der Waals surface area contributed by atoms with Crippen molar-refractivity contribution in [3.8, 4) is 0 Å². The first-order chi connectivity index (χ1) is 13.7. The second-order valence-corrected chi connectivity index (χ2v) is 9.31. The fourth-order valence-electron chi connectivity index (χ4n) is 2.63. The van der Waals surface area contributed by atoms with Crippen molar-refractivity contribution in [2.24, 2.45) is 5.92 Å². The van der Waals surface area contributed by atoms with Crippen molar-refractivity contribution in [2.75, 3.05) is 13.7 Å². The molecule has 0 spiro atoms. The molecule has 1 unspecified atom stereocenters. The van der Waals surface area contributed by atoms with Crippen molar-refractivity contribution in [3.05, 3.63) is 39.3 Å². The van der Waals surface area contributed by atoms with Gasteiger partial charge in [-0.25, -0.2) is 9.18 Å². The summed E-state index contributed by atoms with van der Waals surface area (Å²) in [7, 11) is 1.66. The molecule has 29 heavy (non-hydrogen) atoms. The Morgan fingerprint density at radius 3 is 2.83 bits per heavy atom. The topological polar surface area (TPSA) is 94.7 Å². The molecule has 0 aromatic carbocycles. The molecule has 160 valence electrons. The number of hydrogen-bond donors (Lipinski definition) is 1. The fourth-order valence-corrected chi connectivity index (χ4v) is 4.90. The summed E-state index contributed by atoms with van der Waals surface area (Å²) in [6, 6.07) is 0. The highest BCUT2D eigenvalue weighted by atomic mass is 127. The van der Waals surface area contributed by atoms with Crippen LogP contribution in [0.2, 0.25) is 0 Å². The van der Waals surface area contributed by atoms with Gasteiger partial charge < -0.3 is 19.1 Å². The Kier molecular flexibility index (Phi) is 8.84. The van der Waals surface area contributed by atoms with Crippen LogP contribution in [-0.2, 0) is 14.3 Å². The van der Waals surface area contributed by atoms with Crippen LogP contribution in [0.4, 0.5) is 4.39 Å². The van der Waals surface area contributed by atoms with Crippen LogP contribution in [0, 0.1) is 5.92 Å². The quantitative estimate of drug-likeness (QED) is 0.476. The third-order valence-corrected chi connectivity index (χ3v) is 6.91. The highest BCUT2D eigenvalue weighted by Gasteiger charge is 2.32. The van der Waals surface area contributed by atoms with E-state index in [0.717, 1.165) is 15.7 Å². The third-order valence-electron chi connectivity index (χ3n) is 4.18. The van der Waals surface area contributed by atoms with Gasteiger partial charge in [0.05, 0.1) is 22.0 Å². The maximum absolute atomic E-state index is 14.3. The predicted octanol–water partition coefficient (Wildman–Crippen LogP) is 4.59. The molecule has 7 nitrogen and oxygen atoms in total. The molecule has 0 saturated heterocycles. The molecule has 0 fully saturated rings. The first-order valence-electron chi connectivity index (χ1n) is 9.21. The van der Waals surface area contributed by atoms with Crippen molar-refractivity contribution >= 4 is 36.0 Å². The first-order valence-corrected chi connectivity index (χ1v) is 11.5. The molecule has 0 radical (unpaired) electrons. The van der Waals surface area contributed by atoms with Gasteiger partial charge in [-0.2, -0.15) is 4.98 Å². The van der Waals surface area contributed by atoms with Crippen molar-refractivity contribution in [3.63, 3.8) is 0 Å². The lowest BCUT2D eigenvalue weighted by Crippen LogP contribution is -2.17. The van der Waals surface area contributed by atoms with E-state index in [9.17, 15) is 9.18 Å². The van der Waals surface area contributed by atoms with E-state index in [1.165, 1.54) is 6.08 Å². The molecule has 2 atom stereocenters. The number of carboxylic acid groups (broad SMARTS) is 1. The van der Waals surface area contributed by atoms with Gasteiger partial charge in [-0.15, -0.1) is 0 Å². The van der Waals surface area contributed by atoms with Crippen molar-refractivity contribution in [2.45, 2.75) is 46.1 Å². The number of carbonyl (C=O) groups is 1. The van der Waals surface area contributed by atoms with Crippen molar-refractivity contribution in [1.82, 2.24) is 10.1 Å². The number of aliphatic carboxylic acids is 1. The zero-order valence-electron chi connectivity index (χ0n) is 17.1. The summed E-state index contributed by atoms with van der Waals surface area (Å²) in [5.74, 6) is -2.43. The van der Waals surface area contributed by atoms with Gasteiger partial charge in [0.25, 0.3) is 5.89 Å². The molecule has 0 aliphatic heterocycles. The van der Waals surface area contributed by atoms with Crippen LogP contribution in [0.5, 0.6) is 0 Å². The maximum Gasteiger partial charge on any atom is 0.338 e. The largest absolute Gasteiger partial charge is 0.478 e. The Morgan fingerprint density at radius 1 is 1.48 bits per heavy atom. The van der Waals surface area contributed by atoms with E-state index in [4.69, 9.17) is 19.1 Å². The van der Waals surface area contributed by atoms with Gasteiger partial charge in [0, 0.05) is 30.9 Å². The minimum atomic E-state index is -1.29. The van der Waals surface area contributed by atoms with Gasteiger partial charge in [0.2, 0.25) is 0 Å². The van der Waals surface area contributed by atoms with E-state index in [-0.39, 0.29) is 11.7 Å². The molecule has 1 N–H and O–H groups in total. The minimum Gasteiger partial charge on any atom is -0.478 e. The molecule has 1 aromatic rings. The van der Waals surface area contributed by atoms with E-state index in [1.807, 2.05) is 24.9 Å². The van der Waals surface area contributed by atoms with Crippen LogP contribution in [0.25, 0.3) is 5.57 Å². The van der Waals surface area contributed by atoms with Crippen LogP contribution >= 0.6 is 20.7 Å². The second-order valence-electron chi connectivity index (χ2n) is 6.86. The van der Waals surface area contributed by atoms with Gasteiger partial charge >= 0.3 is 5.97 Å². The van der Waals surface area contributed by atoms with Crippen LogP contribution in [0.1, 0.15) is 51.7 Å². The fraction of sp³-hybridized carbons (Fsp3) is 0.500. The molecule has 0 bridgehead atoms. The molecule has 1 aliphatic carbocycles. The standard InChI is InChI=1S/C20H26FIN2O5/c1-11(2)28-16(8-9-27-5)22-10-12(3)19-23-18(24-29-19)14-6-7-15(20(25)26)17(21)13(14)4/h6-7,10-11,13-14H,8-9H2,1-5H3,(H,25,26)/b12-10+/t13?,14-/m1/s1. The molecule has 1 aromatic heterocycles. The van der Waals surface area contributed by atoms with Crippen molar-refractivity contribution < 1.29 is 28.3 Å². The average Bonchev–Trinajstić information content (AvgIpc) is 3.15. The number of halogens is 2. The van der Waals surface area contributed by atoms with Crippen LogP contribution < -0.4 is 0 Å². The highest BCUT2D eigenvalue weighted by molar-refractivity contribution is 14.2. The van der Waals surface area contributed by atoms with Crippen LogP contribution in [0.15, 0.2) is 32.2 Å². The lowest BCUT2D eigenvalue weighted by molar-refractivity contribution is -0.132. The second kappa shape index (κ2) is 10.9. The molecule has 0 saturated carbocycles. The lowest BCUT2D eigenvalue weighted by Gasteiger charge is -2.21. The number of methoxy groups -OCH3 is 1. The molecular weight excluding hydrogens is 494 g/mol. The summed E-state index contributed by atoms with van der Waals surface area (Å²) in [4.78, 5) is 15.5. The summed E-state index contributed by atoms with van der Waals surface area (Å²) in [6.07, 6.45) is 3.70. The Bertz CT molecular complexity index is 857. The van der Waals surface area contributed by atoms with Gasteiger partial charge in [0.1, 0.15) is 5.83 Å². The summed E-state index contributed by atoms with van der Waals surface area (Å²) in [5.41, 5.74) is 0.496. The van der Waals surface area contributed by atoms with E-state index in [1.54, 1.807) is 20.1 Å². The Morgan fingerprint density at radius 2 is 2.21 bits per heavy atom. The van der Waals surface area contributed by atoms with Crippen LogP contribution in [-0.4, -0.2) is 44.7 Å². The minimum absolute atomic E-state index is 0.100. The first kappa shape index (κ1) is 23.6. The molecular formula is C20H26FIN2O5. The zero-order valence-corrected chi connectivity index (χ0v) is 19.3. The van der Waals surface area contributed by atoms with Gasteiger partial charge in [-0.05, 0) is 30.9 Å². The zero-order chi connectivity index (χ0) is 21.6. The monoisotopic (exact) mass is 520 g/mol. The number of nitrogens with zero attached hydrogens (tertiary/aromatic N) is 2. The summed E-state index contributed by atoms with van der Waals surface area (Å²) < 4.78 is 33.8. The summed E-state index contributed by atoms with van der Waals surface area (Å²) in [6.45, 7) is 8.06. The molecule has 1 aliphatic rings. The maximum atomic E-state index is 14.3. The molecule has 2 rings (SSSR count). The van der Waals surface area contributed by atoms with Crippen molar-refractivity contribution in [1.29, 1.82) is 0 Å². The van der Waals surface area contributed by atoms with E-state index < -0.39 is 44.4 Å². The van der Waals surface area contributed by atoms with E-state index in [0.29, 0.717) is 18.3 Å². The number of ether oxygens (including phenoxy) is 2. The Hall–Kier alpha value is -1.72. The van der Waals surface area contributed by atoms with Gasteiger partial charge in [-0.3, -0.25) is 0 Å².